The first-order chi connectivity index (χ1) is 10.0. The number of hydrogen-bond acceptors (Lipinski definition) is 2. The average molecular weight is 294 g/mol. The van der Waals surface area contributed by atoms with E-state index in [1.54, 1.807) is 0 Å². The molecular weight excluding hydrogens is 260 g/mol. The highest BCUT2D eigenvalue weighted by Crippen LogP contribution is 2.32. The molecule has 0 radical (unpaired) electrons. The Hall–Kier alpha value is -0.570. The van der Waals surface area contributed by atoms with Crippen LogP contribution in [0, 0.1) is 17.8 Å². The van der Waals surface area contributed by atoms with Crippen LogP contribution in [0.25, 0.3) is 0 Å². The molecule has 1 amide bonds. The second kappa shape index (κ2) is 7.62. The Morgan fingerprint density at radius 2 is 2.10 bits per heavy atom. The van der Waals surface area contributed by atoms with E-state index in [2.05, 4.69) is 37.9 Å². The van der Waals surface area contributed by atoms with Crippen LogP contribution in [0.1, 0.15) is 72.6 Å². The largest absolute Gasteiger partial charge is 0.326 e. The van der Waals surface area contributed by atoms with Crippen molar-refractivity contribution >= 4 is 5.91 Å². The third-order valence-electron chi connectivity index (χ3n) is 5.15. The summed E-state index contributed by atoms with van der Waals surface area (Å²) < 4.78 is 0. The summed E-state index contributed by atoms with van der Waals surface area (Å²) in [7, 11) is 0. The van der Waals surface area contributed by atoms with Crippen molar-refractivity contribution in [2.75, 3.05) is 6.54 Å². The molecule has 0 aromatic heterocycles. The molecule has 1 N–H and O–H groups in total. The Morgan fingerprint density at radius 1 is 1.33 bits per heavy atom. The first-order valence-electron chi connectivity index (χ1n) is 9.07. The molecule has 4 atom stereocenters. The molecule has 4 unspecified atom stereocenters. The standard InChI is InChI=1S/C18H34N2O/c1-5-6-7-16-18(21)20(17(19-16)10-13(2)3)12-15-9-8-14(4)11-15/h13-17,19H,5-12H2,1-4H3. The van der Waals surface area contributed by atoms with E-state index in [-0.39, 0.29) is 12.2 Å². The van der Waals surface area contributed by atoms with Crippen molar-refractivity contribution in [1.82, 2.24) is 10.2 Å². The van der Waals surface area contributed by atoms with Crippen molar-refractivity contribution < 1.29 is 4.79 Å². The van der Waals surface area contributed by atoms with E-state index < -0.39 is 0 Å². The second-order valence-electron chi connectivity index (χ2n) is 7.78. The molecule has 21 heavy (non-hydrogen) atoms. The molecule has 0 bridgehead atoms. The molecule has 3 nitrogen and oxygen atoms in total. The van der Waals surface area contributed by atoms with Crippen molar-refractivity contribution in [3.63, 3.8) is 0 Å². The number of unbranched alkanes of at least 4 members (excludes halogenated alkanes) is 1. The first kappa shape index (κ1) is 16.8. The van der Waals surface area contributed by atoms with Crippen LogP contribution in [0.15, 0.2) is 0 Å². The van der Waals surface area contributed by atoms with Crippen LogP contribution in [0.5, 0.6) is 0 Å². The van der Waals surface area contributed by atoms with Crippen LogP contribution in [0.4, 0.5) is 0 Å². The average Bonchev–Trinajstić information content (AvgIpc) is 2.94. The molecule has 0 aromatic rings. The molecule has 3 heteroatoms. The zero-order chi connectivity index (χ0) is 15.4. The van der Waals surface area contributed by atoms with E-state index in [0.717, 1.165) is 37.6 Å². The van der Waals surface area contributed by atoms with E-state index in [0.29, 0.717) is 11.8 Å². The first-order valence-corrected chi connectivity index (χ1v) is 9.07. The van der Waals surface area contributed by atoms with Crippen LogP contribution < -0.4 is 5.32 Å². The highest BCUT2D eigenvalue weighted by atomic mass is 16.2. The van der Waals surface area contributed by atoms with E-state index in [1.807, 2.05) is 0 Å². The minimum atomic E-state index is 0.0764. The van der Waals surface area contributed by atoms with Gasteiger partial charge in [-0.25, -0.2) is 0 Å². The summed E-state index contributed by atoms with van der Waals surface area (Å²) in [4.78, 5) is 14.9. The molecule has 1 saturated heterocycles. The summed E-state index contributed by atoms with van der Waals surface area (Å²) in [6.07, 6.45) is 8.62. The van der Waals surface area contributed by atoms with Gasteiger partial charge in [0, 0.05) is 6.54 Å². The number of carbonyl (C=O) groups is 1. The fourth-order valence-electron chi connectivity index (χ4n) is 3.99. The molecule has 0 aromatic carbocycles. The molecule has 122 valence electrons. The molecule has 2 fully saturated rings. The van der Waals surface area contributed by atoms with E-state index >= 15 is 0 Å². The maximum atomic E-state index is 12.7. The van der Waals surface area contributed by atoms with E-state index in [9.17, 15) is 4.79 Å². The molecule has 2 aliphatic rings. The van der Waals surface area contributed by atoms with Crippen LogP contribution in [0.3, 0.4) is 0 Å². The van der Waals surface area contributed by atoms with Gasteiger partial charge < -0.3 is 4.90 Å². The van der Waals surface area contributed by atoms with Gasteiger partial charge in [-0.3, -0.25) is 10.1 Å². The fourth-order valence-corrected chi connectivity index (χ4v) is 3.99. The van der Waals surface area contributed by atoms with Crippen molar-refractivity contribution in [3.05, 3.63) is 0 Å². The summed E-state index contributed by atoms with van der Waals surface area (Å²) in [5.74, 6) is 2.57. The fraction of sp³-hybridized carbons (Fsp3) is 0.944. The molecule has 0 spiro atoms. The summed E-state index contributed by atoms with van der Waals surface area (Å²) >= 11 is 0. The molecule has 1 aliphatic carbocycles. The maximum absolute atomic E-state index is 12.7. The Kier molecular flexibility index (Phi) is 6.09. The zero-order valence-electron chi connectivity index (χ0n) is 14.4. The van der Waals surface area contributed by atoms with E-state index in [1.165, 1.54) is 25.7 Å². The molecule has 1 heterocycles. The van der Waals surface area contributed by atoms with E-state index in [4.69, 9.17) is 0 Å². The number of nitrogens with zero attached hydrogens (tertiary/aromatic N) is 1. The third-order valence-corrected chi connectivity index (χ3v) is 5.15. The van der Waals surface area contributed by atoms with Gasteiger partial charge in [0.15, 0.2) is 0 Å². The van der Waals surface area contributed by atoms with Crippen molar-refractivity contribution in [1.29, 1.82) is 0 Å². The molecular formula is C18H34N2O. The molecule has 2 rings (SSSR count). The monoisotopic (exact) mass is 294 g/mol. The summed E-state index contributed by atoms with van der Waals surface area (Å²) in [6, 6.07) is 0.0764. The normalized spacial score (nSPS) is 33.4. The highest BCUT2D eigenvalue weighted by Gasteiger charge is 2.39. The molecule has 1 aliphatic heterocycles. The summed E-state index contributed by atoms with van der Waals surface area (Å²) in [5.41, 5.74) is 0. The van der Waals surface area contributed by atoms with Crippen LogP contribution >= 0.6 is 0 Å². The Labute approximate surface area is 130 Å². The Bertz CT molecular complexity index is 342. The van der Waals surface area contributed by atoms with Gasteiger partial charge in [0.2, 0.25) is 5.91 Å². The highest BCUT2D eigenvalue weighted by molar-refractivity contribution is 5.84. The van der Waals surface area contributed by atoms with Gasteiger partial charge in [-0.15, -0.1) is 0 Å². The predicted molar refractivity (Wildman–Crippen MR) is 87.9 cm³/mol. The number of nitrogens with one attached hydrogen (secondary N) is 1. The topological polar surface area (TPSA) is 32.3 Å². The lowest BCUT2D eigenvalue weighted by molar-refractivity contribution is -0.130. The summed E-state index contributed by atoms with van der Waals surface area (Å²) in [6.45, 7) is 10.0. The Balaban J connectivity index is 1.97. The number of hydrogen-bond donors (Lipinski definition) is 1. The lowest BCUT2D eigenvalue weighted by Crippen LogP contribution is -2.41. The lowest BCUT2D eigenvalue weighted by atomic mass is 10.0. The SMILES string of the molecule is CCCCC1NC(CC(C)C)N(CC2CCC(C)C2)C1=O. The lowest BCUT2D eigenvalue weighted by Gasteiger charge is -2.28. The van der Waals surface area contributed by atoms with Gasteiger partial charge >= 0.3 is 0 Å². The maximum Gasteiger partial charge on any atom is 0.241 e. The smallest absolute Gasteiger partial charge is 0.241 e. The number of amides is 1. The van der Waals surface area contributed by atoms with Crippen molar-refractivity contribution in [2.45, 2.75) is 84.8 Å². The second-order valence-corrected chi connectivity index (χ2v) is 7.78. The van der Waals surface area contributed by atoms with Gasteiger partial charge in [0.25, 0.3) is 0 Å². The van der Waals surface area contributed by atoms with Gasteiger partial charge in [-0.1, -0.05) is 47.0 Å². The van der Waals surface area contributed by atoms with Crippen LogP contribution in [-0.4, -0.2) is 29.6 Å². The number of carbonyl (C=O) groups excluding carboxylic acids is 1. The molecule has 1 saturated carbocycles. The van der Waals surface area contributed by atoms with Crippen molar-refractivity contribution in [3.8, 4) is 0 Å². The van der Waals surface area contributed by atoms with Crippen LogP contribution in [0.2, 0.25) is 0 Å². The van der Waals surface area contributed by atoms with Crippen LogP contribution in [-0.2, 0) is 4.79 Å². The quantitative estimate of drug-likeness (QED) is 0.775. The minimum Gasteiger partial charge on any atom is -0.326 e. The number of rotatable bonds is 7. The zero-order valence-corrected chi connectivity index (χ0v) is 14.4. The van der Waals surface area contributed by atoms with Gasteiger partial charge in [-0.05, 0) is 43.4 Å². The Morgan fingerprint density at radius 3 is 2.67 bits per heavy atom. The predicted octanol–water partition coefficient (Wildman–Crippen LogP) is 3.79. The van der Waals surface area contributed by atoms with Gasteiger partial charge in [0.05, 0.1) is 12.2 Å². The minimum absolute atomic E-state index is 0.0764. The summed E-state index contributed by atoms with van der Waals surface area (Å²) in [5, 5.41) is 3.62. The van der Waals surface area contributed by atoms with Gasteiger partial charge in [-0.2, -0.15) is 0 Å². The van der Waals surface area contributed by atoms with Gasteiger partial charge in [0.1, 0.15) is 0 Å². The van der Waals surface area contributed by atoms with Crippen molar-refractivity contribution in [2.24, 2.45) is 17.8 Å². The third kappa shape index (κ3) is 4.45.